The third-order valence-corrected chi connectivity index (χ3v) is 6.43. The molecule has 9 heteroatoms. The lowest BCUT2D eigenvalue weighted by atomic mass is 10.1. The SMILES string of the molecule is CN1C(=O)c2ccc(NC(=O)CCCS(=O)(=O)c3ccc(Cl)cc3)cc2C1=O. The van der Waals surface area contributed by atoms with Crippen LogP contribution >= 0.6 is 11.6 Å². The Morgan fingerprint density at radius 3 is 2.36 bits per heavy atom. The molecule has 146 valence electrons. The first-order valence-corrected chi connectivity index (χ1v) is 10.5. The molecular formula is C19H17ClN2O5S. The quantitative estimate of drug-likeness (QED) is 0.724. The maximum atomic E-state index is 12.3. The minimum Gasteiger partial charge on any atom is -0.326 e. The zero-order chi connectivity index (χ0) is 20.5. The second-order valence-electron chi connectivity index (χ2n) is 6.35. The second kappa shape index (κ2) is 7.73. The lowest BCUT2D eigenvalue weighted by molar-refractivity contribution is -0.116. The van der Waals surface area contributed by atoms with Gasteiger partial charge in [0, 0.05) is 24.2 Å². The highest BCUT2D eigenvalue weighted by Crippen LogP contribution is 2.25. The number of nitrogens with zero attached hydrogens (tertiary/aromatic N) is 1. The summed E-state index contributed by atoms with van der Waals surface area (Å²) < 4.78 is 24.5. The van der Waals surface area contributed by atoms with Crippen LogP contribution in [0.2, 0.25) is 5.02 Å². The molecule has 2 aromatic carbocycles. The molecule has 3 amide bonds. The summed E-state index contributed by atoms with van der Waals surface area (Å²) in [5.74, 6) is -1.36. The number of carbonyl (C=O) groups is 3. The number of hydrogen-bond acceptors (Lipinski definition) is 5. The van der Waals surface area contributed by atoms with E-state index in [1.165, 1.54) is 49.5 Å². The molecule has 0 atom stereocenters. The number of amides is 3. The van der Waals surface area contributed by atoms with E-state index in [1.54, 1.807) is 0 Å². The number of carbonyl (C=O) groups excluding carboxylic acids is 3. The van der Waals surface area contributed by atoms with Gasteiger partial charge in [-0.05, 0) is 48.9 Å². The molecule has 0 aromatic heterocycles. The predicted octanol–water partition coefficient (Wildman–Crippen LogP) is 2.76. The third kappa shape index (κ3) is 4.07. The molecule has 7 nitrogen and oxygen atoms in total. The second-order valence-corrected chi connectivity index (χ2v) is 8.90. The zero-order valence-corrected chi connectivity index (χ0v) is 16.5. The van der Waals surface area contributed by atoms with E-state index >= 15 is 0 Å². The van der Waals surface area contributed by atoms with E-state index in [4.69, 9.17) is 11.6 Å². The highest BCUT2D eigenvalue weighted by molar-refractivity contribution is 7.91. The summed E-state index contributed by atoms with van der Waals surface area (Å²) in [6, 6.07) is 10.3. The number of rotatable bonds is 6. The van der Waals surface area contributed by atoms with Crippen molar-refractivity contribution in [2.75, 3.05) is 18.1 Å². The Kier molecular flexibility index (Phi) is 5.53. The predicted molar refractivity (Wildman–Crippen MR) is 104 cm³/mol. The molecule has 0 fully saturated rings. The maximum Gasteiger partial charge on any atom is 0.261 e. The zero-order valence-electron chi connectivity index (χ0n) is 14.9. The van der Waals surface area contributed by atoms with Crippen molar-refractivity contribution in [2.45, 2.75) is 17.7 Å². The first kappa shape index (κ1) is 20.0. The number of nitrogens with one attached hydrogen (secondary N) is 1. The fourth-order valence-electron chi connectivity index (χ4n) is 2.85. The molecule has 0 radical (unpaired) electrons. The van der Waals surface area contributed by atoms with E-state index in [0.29, 0.717) is 16.3 Å². The van der Waals surface area contributed by atoms with Crippen LogP contribution in [0.5, 0.6) is 0 Å². The van der Waals surface area contributed by atoms with Gasteiger partial charge in [0.15, 0.2) is 9.84 Å². The number of anilines is 1. The Labute approximate surface area is 167 Å². The van der Waals surface area contributed by atoms with Gasteiger partial charge in [-0.15, -0.1) is 0 Å². The molecule has 0 bridgehead atoms. The third-order valence-electron chi connectivity index (χ3n) is 4.36. The van der Waals surface area contributed by atoms with Crippen LogP contribution in [0.3, 0.4) is 0 Å². The number of benzene rings is 2. The van der Waals surface area contributed by atoms with Crippen LogP contribution in [0.1, 0.15) is 33.6 Å². The van der Waals surface area contributed by atoms with E-state index in [-0.39, 0.29) is 40.9 Å². The number of halogens is 1. The fourth-order valence-corrected chi connectivity index (χ4v) is 4.28. The summed E-state index contributed by atoms with van der Waals surface area (Å²) in [4.78, 5) is 37.1. The van der Waals surface area contributed by atoms with Gasteiger partial charge in [0.25, 0.3) is 11.8 Å². The molecule has 0 unspecified atom stereocenters. The highest BCUT2D eigenvalue weighted by Gasteiger charge is 2.32. The van der Waals surface area contributed by atoms with Gasteiger partial charge >= 0.3 is 0 Å². The minimum atomic E-state index is -3.50. The number of fused-ring (bicyclic) bond motifs is 1. The van der Waals surface area contributed by atoms with Gasteiger partial charge < -0.3 is 5.32 Å². The van der Waals surface area contributed by atoms with Crippen molar-refractivity contribution in [3.63, 3.8) is 0 Å². The van der Waals surface area contributed by atoms with Crippen LogP contribution in [0.4, 0.5) is 5.69 Å². The average molecular weight is 421 g/mol. The van der Waals surface area contributed by atoms with Gasteiger partial charge in [-0.1, -0.05) is 11.6 Å². The van der Waals surface area contributed by atoms with Crippen LogP contribution in [0, 0.1) is 0 Å². The Balaban J connectivity index is 1.58. The molecule has 0 saturated carbocycles. The standard InChI is InChI=1S/C19H17ClN2O5S/c1-22-18(24)15-9-6-13(11-16(15)19(22)25)21-17(23)3-2-10-28(26,27)14-7-4-12(20)5-8-14/h4-9,11H,2-3,10H2,1H3,(H,21,23). The minimum absolute atomic E-state index is 0.00329. The summed E-state index contributed by atoms with van der Waals surface area (Å²) >= 11 is 5.75. The van der Waals surface area contributed by atoms with E-state index in [0.717, 1.165) is 4.90 Å². The molecule has 28 heavy (non-hydrogen) atoms. The molecular weight excluding hydrogens is 404 g/mol. The summed E-state index contributed by atoms with van der Waals surface area (Å²) in [6.07, 6.45) is 0.137. The molecule has 1 N–H and O–H groups in total. The van der Waals surface area contributed by atoms with Crippen LogP contribution in [-0.4, -0.2) is 43.8 Å². The molecule has 0 aliphatic carbocycles. The maximum absolute atomic E-state index is 12.3. The highest BCUT2D eigenvalue weighted by atomic mass is 35.5. The number of imide groups is 1. The van der Waals surface area contributed by atoms with E-state index in [1.807, 2.05) is 0 Å². The molecule has 0 saturated heterocycles. The lowest BCUT2D eigenvalue weighted by Gasteiger charge is -2.07. The first-order valence-electron chi connectivity index (χ1n) is 8.43. The van der Waals surface area contributed by atoms with Crippen LogP contribution < -0.4 is 5.32 Å². The summed E-state index contributed by atoms with van der Waals surface area (Å²) in [7, 11) is -2.11. The van der Waals surface area contributed by atoms with Gasteiger partial charge in [0.1, 0.15) is 0 Å². The summed E-state index contributed by atoms with van der Waals surface area (Å²) in [5, 5.41) is 3.07. The van der Waals surface area contributed by atoms with Crippen molar-refractivity contribution in [1.29, 1.82) is 0 Å². The van der Waals surface area contributed by atoms with Crippen molar-refractivity contribution in [3.05, 3.63) is 58.6 Å². The Bertz CT molecular complexity index is 1060. The smallest absolute Gasteiger partial charge is 0.261 e. The van der Waals surface area contributed by atoms with Crippen molar-refractivity contribution in [3.8, 4) is 0 Å². The molecule has 1 heterocycles. The Morgan fingerprint density at radius 1 is 1.04 bits per heavy atom. The Hall–Kier alpha value is -2.71. The van der Waals surface area contributed by atoms with Crippen molar-refractivity contribution in [1.82, 2.24) is 4.90 Å². The summed E-state index contributed by atoms with van der Waals surface area (Å²) in [5.41, 5.74) is 0.899. The van der Waals surface area contributed by atoms with Gasteiger partial charge in [-0.3, -0.25) is 19.3 Å². The number of hydrogen-bond donors (Lipinski definition) is 1. The van der Waals surface area contributed by atoms with Crippen molar-refractivity contribution >= 4 is 44.8 Å². The first-order chi connectivity index (χ1) is 13.2. The van der Waals surface area contributed by atoms with Gasteiger partial charge in [0.05, 0.1) is 21.8 Å². The van der Waals surface area contributed by atoms with Crippen LogP contribution in [0.15, 0.2) is 47.4 Å². The fraction of sp³-hybridized carbons (Fsp3) is 0.211. The summed E-state index contributed by atoms with van der Waals surface area (Å²) in [6.45, 7) is 0. The largest absolute Gasteiger partial charge is 0.326 e. The molecule has 1 aliphatic heterocycles. The monoisotopic (exact) mass is 420 g/mol. The molecule has 1 aliphatic rings. The van der Waals surface area contributed by atoms with Crippen molar-refractivity contribution < 1.29 is 22.8 Å². The normalized spacial score (nSPS) is 13.6. The topological polar surface area (TPSA) is 101 Å². The van der Waals surface area contributed by atoms with E-state index in [2.05, 4.69) is 5.32 Å². The molecule has 2 aromatic rings. The van der Waals surface area contributed by atoms with Crippen molar-refractivity contribution in [2.24, 2.45) is 0 Å². The average Bonchev–Trinajstić information content (AvgIpc) is 2.86. The van der Waals surface area contributed by atoms with Gasteiger partial charge in [0.2, 0.25) is 5.91 Å². The van der Waals surface area contributed by atoms with E-state index in [9.17, 15) is 22.8 Å². The van der Waals surface area contributed by atoms with Gasteiger partial charge in [-0.2, -0.15) is 0 Å². The van der Waals surface area contributed by atoms with Gasteiger partial charge in [-0.25, -0.2) is 8.42 Å². The number of sulfone groups is 1. The Morgan fingerprint density at radius 2 is 1.68 bits per heavy atom. The van der Waals surface area contributed by atoms with Crippen LogP contribution in [0.25, 0.3) is 0 Å². The lowest BCUT2D eigenvalue weighted by Crippen LogP contribution is -2.24. The van der Waals surface area contributed by atoms with E-state index < -0.39 is 15.7 Å². The van der Waals surface area contributed by atoms with Crippen LogP contribution in [-0.2, 0) is 14.6 Å². The molecule has 3 rings (SSSR count). The molecule has 0 spiro atoms.